The molecule has 0 saturated heterocycles. The largest absolute Gasteiger partial charge is 0.494 e. The van der Waals surface area contributed by atoms with Crippen molar-refractivity contribution in [3.63, 3.8) is 0 Å². The number of oxazole rings is 1. The molecule has 126 valence electrons. The van der Waals surface area contributed by atoms with E-state index in [0.29, 0.717) is 27.5 Å². The van der Waals surface area contributed by atoms with Crippen molar-refractivity contribution in [1.29, 1.82) is 0 Å². The van der Waals surface area contributed by atoms with Gasteiger partial charge in [0, 0.05) is 0 Å². The third kappa shape index (κ3) is 2.76. The van der Waals surface area contributed by atoms with Crippen LogP contribution in [0.3, 0.4) is 0 Å². The highest BCUT2D eigenvalue weighted by Crippen LogP contribution is 2.32. The minimum absolute atomic E-state index is 0.150. The van der Waals surface area contributed by atoms with Gasteiger partial charge in [0.2, 0.25) is 5.91 Å². The molecule has 0 radical (unpaired) electrons. The Labute approximate surface area is 145 Å². The molecule has 0 fully saturated rings. The Kier molecular flexibility index (Phi) is 3.73. The molecule has 7 nitrogen and oxygen atoms in total. The number of rotatable bonds is 4. The molecule has 4 rings (SSSR count). The van der Waals surface area contributed by atoms with Crippen molar-refractivity contribution >= 4 is 43.7 Å². The number of carbonyl (C=O) groups excluding carboxylic acids is 1. The van der Waals surface area contributed by atoms with Crippen LogP contribution in [-0.2, 0) is 11.3 Å². The van der Waals surface area contributed by atoms with E-state index in [-0.39, 0.29) is 12.5 Å². The topological polar surface area (TPSA) is 86.4 Å². The minimum atomic E-state index is -0.567. The molecule has 1 N–H and O–H groups in total. The maximum Gasteiger partial charge on any atom is 0.420 e. The minimum Gasteiger partial charge on any atom is -0.494 e. The van der Waals surface area contributed by atoms with Gasteiger partial charge >= 0.3 is 5.76 Å². The molecule has 0 spiro atoms. The third-order valence-electron chi connectivity index (χ3n) is 3.72. The Bertz CT molecular complexity index is 1140. The summed E-state index contributed by atoms with van der Waals surface area (Å²) >= 11 is 1.34. The van der Waals surface area contributed by atoms with Gasteiger partial charge in [-0.2, -0.15) is 0 Å². The number of para-hydroxylation sites is 3. The third-order valence-corrected chi connectivity index (χ3v) is 4.66. The molecule has 0 bridgehead atoms. The molecule has 2 aromatic carbocycles. The number of benzene rings is 2. The number of hydrogen-bond donors (Lipinski definition) is 1. The summed E-state index contributed by atoms with van der Waals surface area (Å²) in [5, 5.41) is 3.17. The van der Waals surface area contributed by atoms with Gasteiger partial charge in [-0.3, -0.25) is 9.36 Å². The fourth-order valence-electron chi connectivity index (χ4n) is 2.61. The molecule has 1 amide bonds. The lowest BCUT2D eigenvalue weighted by atomic mass is 10.3. The number of amides is 1. The Morgan fingerprint density at radius 3 is 2.96 bits per heavy atom. The van der Waals surface area contributed by atoms with Gasteiger partial charge in [-0.25, -0.2) is 9.78 Å². The maximum atomic E-state index is 12.3. The first-order valence-corrected chi connectivity index (χ1v) is 8.29. The lowest BCUT2D eigenvalue weighted by Crippen LogP contribution is -2.24. The Morgan fingerprint density at radius 2 is 2.12 bits per heavy atom. The Morgan fingerprint density at radius 1 is 1.28 bits per heavy atom. The molecule has 0 aliphatic heterocycles. The van der Waals surface area contributed by atoms with Crippen LogP contribution in [0.2, 0.25) is 0 Å². The monoisotopic (exact) mass is 355 g/mol. The number of methoxy groups -OCH3 is 1. The fraction of sp³-hybridized carbons (Fsp3) is 0.118. The fourth-order valence-corrected chi connectivity index (χ4v) is 3.51. The van der Waals surface area contributed by atoms with E-state index in [1.165, 1.54) is 15.9 Å². The number of thiazole rings is 1. The summed E-state index contributed by atoms with van der Waals surface area (Å²) in [6, 6.07) is 12.5. The number of hydrogen-bond acceptors (Lipinski definition) is 6. The highest BCUT2D eigenvalue weighted by Gasteiger charge is 2.15. The van der Waals surface area contributed by atoms with Crippen LogP contribution >= 0.6 is 11.3 Å². The molecule has 0 aliphatic rings. The van der Waals surface area contributed by atoms with Crippen molar-refractivity contribution in [3.05, 3.63) is 53.0 Å². The normalized spacial score (nSPS) is 11.1. The summed E-state index contributed by atoms with van der Waals surface area (Å²) in [5.41, 5.74) is 1.72. The van der Waals surface area contributed by atoms with Gasteiger partial charge < -0.3 is 14.5 Å². The summed E-state index contributed by atoms with van der Waals surface area (Å²) in [4.78, 5) is 28.7. The molecule has 4 aromatic rings. The van der Waals surface area contributed by atoms with Crippen molar-refractivity contribution in [2.24, 2.45) is 0 Å². The molecule has 0 atom stereocenters. The highest BCUT2D eigenvalue weighted by atomic mass is 32.1. The number of nitrogens with zero attached hydrogens (tertiary/aromatic N) is 2. The molecule has 0 unspecified atom stereocenters. The van der Waals surface area contributed by atoms with Crippen LogP contribution in [0.5, 0.6) is 5.75 Å². The molecule has 2 aromatic heterocycles. The standard InChI is InChI=1S/C17H13N3O4S/c1-23-12-7-4-8-13-15(12)19-16(25-13)18-14(21)9-20-10-5-2-3-6-11(10)24-17(20)22/h2-8H,9H2,1H3,(H,18,19,21). The van der Waals surface area contributed by atoms with Crippen molar-refractivity contribution in [2.45, 2.75) is 6.54 Å². The summed E-state index contributed by atoms with van der Waals surface area (Å²) in [6.45, 7) is -0.150. The van der Waals surface area contributed by atoms with E-state index in [4.69, 9.17) is 9.15 Å². The van der Waals surface area contributed by atoms with Crippen LogP contribution in [-0.4, -0.2) is 22.6 Å². The van der Waals surface area contributed by atoms with Gasteiger partial charge in [0.1, 0.15) is 17.8 Å². The zero-order chi connectivity index (χ0) is 17.4. The molecule has 0 saturated carbocycles. The van der Waals surface area contributed by atoms with Crippen LogP contribution in [0.25, 0.3) is 21.3 Å². The van der Waals surface area contributed by atoms with Gasteiger partial charge in [0.25, 0.3) is 0 Å². The number of anilines is 1. The van der Waals surface area contributed by atoms with E-state index in [2.05, 4.69) is 10.3 Å². The van der Waals surface area contributed by atoms with Gasteiger partial charge in [-0.1, -0.05) is 29.5 Å². The molecule has 0 aliphatic carbocycles. The molecular formula is C17H13N3O4S. The first-order chi connectivity index (χ1) is 12.2. The first-order valence-electron chi connectivity index (χ1n) is 7.47. The average molecular weight is 355 g/mol. The second-order valence-corrected chi connectivity index (χ2v) is 6.33. The number of aromatic nitrogens is 2. The average Bonchev–Trinajstić information content (AvgIpc) is 3.15. The Balaban J connectivity index is 1.60. The maximum absolute atomic E-state index is 12.3. The smallest absolute Gasteiger partial charge is 0.420 e. The Hall–Kier alpha value is -3.13. The van der Waals surface area contributed by atoms with Crippen molar-refractivity contribution in [3.8, 4) is 5.75 Å². The zero-order valence-electron chi connectivity index (χ0n) is 13.2. The summed E-state index contributed by atoms with van der Waals surface area (Å²) in [7, 11) is 1.57. The summed E-state index contributed by atoms with van der Waals surface area (Å²) in [6.07, 6.45) is 0. The lowest BCUT2D eigenvalue weighted by Gasteiger charge is -2.02. The zero-order valence-corrected chi connectivity index (χ0v) is 14.0. The van der Waals surface area contributed by atoms with E-state index < -0.39 is 5.76 Å². The van der Waals surface area contributed by atoms with Crippen molar-refractivity contribution in [2.75, 3.05) is 12.4 Å². The van der Waals surface area contributed by atoms with E-state index in [1.54, 1.807) is 31.4 Å². The van der Waals surface area contributed by atoms with Crippen LogP contribution in [0, 0.1) is 0 Å². The second-order valence-electron chi connectivity index (χ2n) is 5.30. The number of carbonyl (C=O) groups is 1. The lowest BCUT2D eigenvalue weighted by molar-refractivity contribution is -0.116. The van der Waals surface area contributed by atoms with Gasteiger partial charge in [-0.05, 0) is 24.3 Å². The second kappa shape index (κ2) is 6.06. The van der Waals surface area contributed by atoms with E-state index in [9.17, 15) is 9.59 Å². The van der Waals surface area contributed by atoms with Crippen molar-refractivity contribution < 1.29 is 13.9 Å². The number of ether oxygens (including phenoxy) is 1. The van der Waals surface area contributed by atoms with E-state index >= 15 is 0 Å². The quantitative estimate of drug-likeness (QED) is 0.608. The van der Waals surface area contributed by atoms with E-state index in [0.717, 1.165) is 4.70 Å². The van der Waals surface area contributed by atoms with Crippen molar-refractivity contribution in [1.82, 2.24) is 9.55 Å². The number of fused-ring (bicyclic) bond motifs is 2. The summed E-state index contributed by atoms with van der Waals surface area (Å²) in [5.74, 6) is -0.278. The predicted molar refractivity (Wildman–Crippen MR) is 95.3 cm³/mol. The van der Waals surface area contributed by atoms with Gasteiger partial charge in [0.15, 0.2) is 10.7 Å². The highest BCUT2D eigenvalue weighted by molar-refractivity contribution is 7.22. The first kappa shape index (κ1) is 15.4. The van der Waals surface area contributed by atoms with Gasteiger partial charge in [0.05, 0.1) is 17.3 Å². The van der Waals surface area contributed by atoms with Crippen LogP contribution in [0.4, 0.5) is 5.13 Å². The van der Waals surface area contributed by atoms with Crippen LogP contribution in [0.15, 0.2) is 51.7 Å². The van der Waals surface area contributed by atoms with Gasteiger partial charge in [-0.15, -0.1) is 0 Å². The van der Waals surface area contributed by atoms with Crippen LogP contribution in [0.1, 0.15) is 0 Å². The molecule has 2 heterocycles. The molecular weight excluding hydrogens is 342 g/mol. The van der Waals surface area contributed by atoms with Crippen LogP contribution < -0.4 is 15.8 Å². The SMILES string of the molecule is COc1cccc2sc(NC(=O)Cn3c(=O)oc4ccccc43)nc12. The molecule has 8 heteroatoms. The van der Waals surface area contributed by atoms with E-state index in [1.807, 2.05) is 18.2 Å². The molecule has 25 heavy (non-hydrogen) atoms. The summed E-state index contributed by atoms with van der Waals surface area (Å²) < 4.78 is 12.6. The number of nitrogens with one attached hydrogen (secondary N) is 1. The predicted octanol–water partition coefficient (Wildman–Crippen LogP) is 2.85.